The number of esters is 2. The molecule has 45 heavy (non-hydrogen) atoms. The number of carbonyl (C=O) groups excluding carboxylic acids is 2. The van der Waals surface area contributed by atoms with Crippen molar-refractivity contribution in [2.45, 2.75) is 40.2 Å². The van der Waals surface area contributed by atoms with Gasteiger partial charge < -0.3 is 23.4 Å². The average Bonchev–Trinajstić information content (AvgIpc) is 3.63. The summed E-state index contributed by atoms with van der Waals surface area (Å²) >= 11 is 1.19. The van der Waals surface area contributed by atoms with Crippen molar-refractivity contribution in [1.82, 2.24) is 4.57 Å². The Hall–Kier alpha value is -4.90. The van der Waals surface area contributed by atoms with Gasteiger partial charge in [-0.3, -0.25) is 9.36 Å². The molecular weight excluding hydrogens is 596 g/mol. The van der Waals surface area contributed by atoms with E-state index in [0.717, 1.165) is 6.42 Å². The van der Waals surface area contributed by atoms with Crippen molar-refractivity contribution in [3.63, 3.8) is 0 Å². The average molecular weight is 631 g/mol. The molecule has 0 aliphatic carbocycles. The quantitative estimate of drug-likeness (QED) is 0.212. The van der Waals surface area contributed by atoms with Gasteiger partial charge in [0.1, 0.15) is 17.6 Å². The maximum atomic E-state index is 14.1. The highest BCUT2D eigenvalue weighted by Crippen LogP contribution is 2.41. The third-order valence-electron chi connectivity index (χ3n) is 7.05. The lowest BCUT2D eigenvalue weighted by Gasteiger charge is -2.27. The Bertz CT molecular complexity index is 1950. The molecule has 5 rings (SSSR count). The summed E-state index contributed by atoms with van der Waals surface area (Å²) in [7, 11) is 1.54. The van der Waals surface area contributed by atoms with Gasteiger partial charge >= 0.3 is 11.9 Å². The highest BCUT2D eigenvalue weighted by atomic mass is 32.1. The van der Waals surface area contributed by atoms with Crippen molar-refractivity contribution >= 4 is 29.4 Å². The number of ether oxygens (including phenoxy) is 4. The minimum absolute atomic E-state index is 0.160. The number of para-hydroxylation sites is 1. The molecular formula is C34H34N2O8S. The summed E-state index contributed by atoms with van der Waals surface area (Å²) in [5.41, 5.74) is 2.01. The van der Waals surface area contributed by atoms with Gasteiger partial charge in [0.05, 0.1) is 48.3 Å². The molecule has 0 amide bonds. The van der Waals surface area contributed by atoms with Gasteiger partial charge in [0.2, 0.25) is 0 Å². The van der Waals surface area contributed by atoms with E-state index in [4.69, 9.17) is 23.4 Å². The molecule has 11 heteroatoms. The van der Waals surface area contributed by atoms with Gasteiger partial charge in [-0.05, 0) is 57.5 Å². The van der Waals surface area contributed by atoms with Crippen LogP contribution in [0.1, 0.15) is 61.8 Å². The SMILES string of the molecule is CCCOc1c(OC)cccc1[C@H]1C(C(=O)OCC)=C(C)N=c2s/c(=C/c3ccc(-c4cccc(C(=O)OCC)c4)o3)c(=O)n21. The van der Waals surface area contributed by atoms with Crippen LogP contribution in [-0.4, -0.2) is 43.4 Å². The first-order valence-electron chi connectivity index (χ1n) is 14.7. The largest absolute Gasteiger partial charge is 0.493 e. The van der Waals surface area contributed by atoms with E-state index in [9.17, 15) is 14.4 Å². The third-order valence-corrected chi connectivity index (χ3v) is 8.03. The molecule has 0 unspecified atom stereocenters. The number of furan rings is 1. The Morgan fingerprint density at radius 1 is 1.02 bits per heavy atom. The van der Waals surface area contributed by atoms with Crippen molar-refractivity contribution in [3.05, 3.63) is 102 Å². The summed E-state index contributed by atoms with van der Waals surface area (Å²) in [6, 6.07) is 15.0. The van der Waals surface area contributed by atoms with Gasteiger partial charge in [0.15, 0.2) is 16.3 Å². The Balaban J connectivity index is 1.63. The van der Waals surface area contributed by atoms with Crippen molar-refractivity contribution in [2.75, 3.05) is 26.9 Å². The Kier molecular flexibility index (Phi) is 9.68. The number of carbonyl (C=O) groups is 2. The number of benzene rings is 2. The van der Waals surface area contributed by atoms with Crippen LogP contribution in [0.25, 0.3) is 17.4 Å². The van der Waals surface area contributed by atoms with E-state index in [1.165, 1.54) is 15.9 Å². The zero-order valence-electron chi connectivity index (χ0n) is 25.7. The van der Waals surface area contributed by atoms with Gasteiger partial charge in [0, 0.05) is 17.2 Å². The molecule has 1 aliphatic heterocycles. The summed E-state index contributed by atoms with van der Waals surface area (Å²) < 4.78 is 30.2. The molecule has 2 aromatic heterocycles. The number of allylic oxidation sites excluding steroid dienone is 1. The van der Waals surface area contributed by atoms with Crippen LogP contribution in [0, 0.1) is 0 Å². The Labute approximate surface area is 263 Å². The highest BCUT2D eigenvalue weighted by molar-refractivity contribution is 7.07. The summed E-state index contributed by atoms with van der Waals surface area (Å²) in [5, 5.41) is 0. The van der Waals surface area contributed by atoms with E-state index >= 15 is 0 Å². The van der Waals surface area contributed by atoms with Crippen molar-refractivity contribution < 1.29 is 33.0 Å². The molecule has 1 aliphatic rings. The zero-order valence-corrected chi connectivity index (χ0v) is 26.6. The first-order chi connectivity index (χ1) is 21.8. The molecule has 0 saturated carbocycles. The molecule has 4 aromatic rings. The van der Waals surface area contributed by atoms with Crippen LogP contribution in [-0.2, 0) is 14.3 Å². The van der Waals surface area contributed by atoms with E-state index < -0.39 is 18.0 Å². The van der Waals surface area contributed by atoms with Crippen LogP contribution in [0.5, 0.6) is 11.5 Å². The smallest absolute Gasteiger partial charge is 0.338 e. The second kappa shape index (κ2) is 13.8. The fraction of sp³-hybridized carbons (Fsp3) is 0.294. The lowest BCUT2D eigenvalue weighted by molar-refractivity contribution is -0.139. The van der Waals surface area contributed by atoms with Crippen LogP contribution in [0.4, 0.5) is 0 Å². The van der Waals surface area contributed by atoms with Gasteiger partial charge in [-0.15, -0.1) is 0 Å². The fourth-order valence-corrected chi connectivity index (χ4v) is 6.11. The summed E-state index contributed by atoms with van der Waals surface area (Å²) in [6.45, 7) is 8.04. The van der Waals surface area contributed by atoms with E-state index in [-0.39, 0.29) is 24.3 Å². The van der Waals surface area contributed by atoms with Gasteiger partial charge in [-0.2, -0.15) is 0 Å². The number of thiazole rings is 1. The number of methoxy groups -OCH3 is 1. The topological polar surface area (TPSA) is 119 Å². The van der Waals surface area contributed by atoms with Crippen molar-refractivity contribution in [3.8, 4) is 22.8 Å². The predicted molar refractivity (Wildman–Crippen MR) is 169 cm³/mol. The Morgan fingerprint density at radius 3 is 2.51 bits per heavy atom. The van der Waals surface area contributed by atoms with Gasteiger partial charge in [0.25, 0.3) is 5.56 Å². The molecule has 0 N–H and O–H groups in total. The molecule has 0 fully saturated rings. The summed E-state index contributed by atoms with van der Waals surface area (Å²) in [6.07, 6.45) is 2.39. The van der Waals surface area contributed by atoms with Crippen LogP contribution < -0.4 is 24.4 Å². The zero-order chi connectivity index (χ0) is 32.1. The first-order valence-corrected chi connectivity index (χ1v) is 15.5. The molecule has 0 saturated heterocycles. The molecule has 0 spiro atoms. The lowest BCUT2D eigenvalue weighted by Crippen LogP contribution is -2.40. The number of hydrogen-bond acceptors (Lipinski definition) is 10. The van der Waals surface area contributed by atoms with E-state index in [2.05, 4.69) is 4.99 Å². The lowest BCUT2D eigenvalue weighted by atomic mass is 9.94. The number of fused-ring (bicyclic) bond motifs is 1. The van der Waals surface area contributed by atoms with Crippen LogP contribution in [0.3, 0.4) is 0 Å². The monoisotopic (exact) mass is 630 g/mol. The van der Waals surface area contributed by atoms with Gasteiger partial charge in [-0.1, -0.05) is 42.5 Å². The maximum absolute atomic E-state index is 14.1. The van der Waals surface area contributed by atoms with E-state index in [1.807, 2.05) is 19.1 Å². The second-order valence-electron chi connectivity index (χ2n) is 10.0. The number of hydrogen-bond donors (Lipinski definition) is 0. The number of aromatic nitrogens is 1. The third kappa shape index (κ3) is 6.34. The number of rotatable bonds is 11. The van der Waals surface area contributed by atoms with Gasteiger partial charge in [-0.25, -0.2) is 14.6 Å². The molecule has 0 radical (unpaired) electrons. The fourth-order valence-electron chi connectivity index (χ4n) is 5.08. The summed E-state index contributed by atoms with van der Waals surface area (Å²) in [4.78, 5) is 44.8. The first kappa shape index (κ1) is 31.5. The van der Waals surface area contributed by atoms with Crippen LogP contribution in [0.15, 0.2) is 80.1 Å². The normalized spacial score (nSPS) is 14.5. The Morgan fingerprint density at radius 2 is 1.78 bits per heavy atom. The molecule has 1 atom stereocenters. The standard InChI is InChI=1S/C34H34N2O8S/c1-6-17-43-30-24(13-10-14-26(30)40-5)29-28(33(39)42-8-3)20(4)35-34-36(29)31(37)27(45-34)19-23-15-16-25(44-23)21-11-9-12-22(18-21)32(38)41-7-2/h9-16,18-19,29H,6-8,17H2,1-5H3/b27-19+/t29-/m0/s1. The summed E-state index contributed by atoms with van der Waals surface area (Å²) in [5.74, 6) is 0.895. The molecule has 3 heterocycles. The molecule has 10 nitrogen and oxygen atoms in total. The van der Waals surface area contributed by atoms with Crippen LogP contribution in [0.2, 0.25) is 0 Å². The van der Waals surface area contributed by atoms with Crippen LogP contribution >= 0.6 is 11.3 Å². The molecule has 0 bridgehead atoms. The van der Waals surface area contributed by atoms with Crippen molar-refractivity contribution in [1.29, 1.82) is 0 Å². The molecule has 234 valence electrons. The number of nitrogens with zero attached hydrogens (tertiary/aromatic N) is 2. The minimum Gasteiger partial charge on any atom is -0.493 e. The maximum Gasteiger partial charge on any atom is 0.338 e. The van der Waals surface area contributed by atoms with E-state index in [0.29, 0.717) is 61.3 Å². The highest BCUT2D eigenvalue weighted by Gasteiger charge is 2.36. The van der Waals surface area contributed by atoms with Crippen molar-refractivity contribution in [2.24, 2.45) is 4.99 Å². The molecule has 2 aromatic carbocycles. The second-order valence-corrected chi connectivity index (χ2v) is 11.0. The minimum atomic E-state index is -0.873. The van der Waals surface area contributed by atoms with E-state index in [1.54, 1.807) is 76.4 Å². The predicted octanol–water partition coefficient (Wildman–Crippen LogP) is 5.03.